The SMILES string of the molecule is COC(=O)C12CCC(CCN3CCc4c(nc(C(=O)N5CCc6c(-c7cccc(-c8ccc(CN9CC[C@H](NC(C)=O)C9)c(OC)n8)c7Cl)cccc65)n4C)C3)(CC1)C2. The fourth-order valence-corrected chi connectivity index (χ4v) is 11.3. The van der Waals surface area contributed by atoms with Crippen LogP contribution >= 0.6 is 11.6 Å². The molecule has 2 saturated carbocycles. The summed E-state index contributed by atoms with van der Waals surface area (Å²) in [6, 6.07) is 16.3. The Morgan fingerprint density at radius 2 is 1.69 bits per heavy atom. The number of benzene rings is 2. The molecule has 13 heteroatoms. The number of halogens is 1. The lowest BCUT2D eigenvalue weighted by Crippen LogP contribution is -2.35. The third kappa shape index (κ3) is 7.20. The average molecular weight is 820 g/mol. The Balaban J connectivity index is 0.897. The standard InChI is InChI=1S/C46H54ClN7O5/c1-29(55)48-31-13-21-53(26-31)25-30-11-12-36(50-42(30)58-3)35-9-5-8-34(40(35)47)32-7-6-10-38-33(32)14-23-54(38)43(56)41-49-37-27-52(22-15-39(37)51(41)2)24-20-45-16-18-46(28-45,19-17-45)44(57)59-4/h5-12,31H,13-28H2,1-4H3,(H,48,55)/t31-,45?,46?/m0/s1. The number of ether oxygens (including phenoxy) is 2. The molecule has 2 aliphatic carbocycles. The number of hydrogen-bond acceptors (Lipinski definition) is 9. The summed E-state index contributed by atoms with van der Waals surface area (Å²) in [6.07, 6.45) is 8.60. The van der Waals surface area contributed by atoms with E-state index in [1.54, 1.807) is 14.0 Å². The van der Waals surface area contributed by atoms with E-state index in [9.17, 15) is 14.4 Å². The first kappa shape index (κ1) is 39.7. The van der Waals surface area contributed by atoms with Crippen LogP contribution in [-0.4, -0.2) is 95.1 Å². The van der Waals surface area contributed by atoms with Gasteiger partial charge in [-0.3, -0.25) is 24.2 Å². The summed E-state index contributed by atoms with van der Waals surface area (Å²) in [7, 11) is 5.13. The first-order chi connectivity index (χ1) is 28.5. The van der Waals surface area contributed by atoms with Gasteiger partial charge in [0.15, 0.2) is 5.82 Å². The van der Waals surface area contributed by atoms with Crippen LogP contribution in [0.2, 0.25) is 5.02 Å². The number of carbonyl (C=O) groups excluding carboxylic acids is 3. The van der Waals surface area contributed by atoms with Crippen molar-refractivity contribution in [2.24, 2.45) is 17.9 Å². The number of pyridine rings is 1. The minimum absolute atomic E-state index is 0.00338. The normalized spacial score (nSPS) is 23.7. The molecule has 12 nitrogen and oxygen atoms in total. The highest BCUT2D eigenvalue weighted by Gasteiger charge is 2.58. The van der Waals surface area contributed by atoms with Gasteiger partial charge in [0.1, 0.15) is 0 Å². The van der Waals surface area contributed by atoms with E-state index in [1.165, 1.54) is 7.11 Å². The van der Waals surface area contributed by atoms with Gasteiger partial charge in [0.25, 0.3) is 5.91 Å². The molecule has 4 aromatic rings. The first-order valence-corrected chi connectivity index (χ1v) is 21.5. The fraction of sp³-hybridized carbons (Fsp3) is 0.500. The number of nitrogens with zero attached hydrogens (tertiary/aromatic N) is 6. The van der Waals surface area contributed by atoms with Gasteiger partial charge in [0, 0.05) is 93.8 Å². The van der Waals surface area contributed by atoms with Crippen LogP contribution in [0.3, 0.4) is 0 Å². The third-order valence-electron chi connectivity index (χ3n) is 14.1. The highest BCUT2D eigenvalue weighted by atomic mass is 35.5. The number of rotatable bonds is 11. The molecule has 1 atom stereocenters. The predicted molar refractivity (Wildman–Crippen MR) is 226 cm³/mol. The summed E-state index contributed by atoms with van der Waals surface area (Å²) >= 11 is 7.26. The van der Waals surface area contributed by atoms with Crippen LogP contribution in [0.4, 0.5) is 5.69 Å². The van der Waals surface area contributed by atoms with Gasteiger partial charge in [-0.15, -0.1) is 0 Å². The highest BCUT2D eigenvalue weighted by Crippen LogP contribution is 2.63. The zero-order valence-corrected chi connectivity index (χ0v) is 35.4. The molecular weight excluding hydrogens is 766 g/mol. The van der Waals surface area contributed by atoms with E-state index < -0.39 is 0 Å². The maximum absolute atomic E-state index is 14.4. The predicted octanol–water partition coefficient (Wildman–Crippen LogP) is 6.60. The van der Waals surface area contributed by atoms with Gasteiger partial charge < -0.3 is 24.3 Å². The van der Waals surface area contributed by atoms with Gasteiger partial charge >= 0.3 is 5.97 Å². The molecule has 5 heterocycles. The Kier molecular flexibility index (Phi) is 10.5. The van der Waals surface area contributed by atoms with Crippen LogP contribution in [0.1, 0.15) is 85.0 Å². The molecule has 2 bridgehead atoms. The molecule has 310 valence electrons. The number of nitrogens with one attached hydrogen (secondary N) is 1. The third-order valence-corrected chi connectivity index (χ3v) is 14.5. The minimum Gasteiger partial charge on any atom is -0.481 e. The van der Waals surface area contributed by atoms with Gasteiger partial charge in [-0.25, -0.2) is 9.97 Å². The van der Waals surface area contributed by atoms with Crippen LogP contribution in [0.15, 0.2) is 48.5 Å². The van der Waals surface area contributed by atoms with E-state index >= 15 is 0 Å². The molecule has 0 radical (unpaired) electrons. The number of aromatic nitrogens is 3. The van der Waals surface area contributed by atoms with Crippen molar-refractivity contribution in [3.05, 3.63) is 81.9 Å². The van der Waals surface area contributed by atoms with Crippen molar-refractivity contribution < 1.29 is 23.9 Å². The lowest BCUT2D eigenvalue weighted by molar-refractivity contribution is -0.152. The largest absolute Gasteiger partial charge is 0.481 e. The van der Waals surface area contributed by atoms with Crippen LogP contribution in [0.25, 0.3) is 22.4 Å². The van der Waals surface area contributed by atoms with Crippen molar-refractivity contribution in [3.63, 3.8) is 0 Å². The maximum Gasteiger partial charge on any atom is 0.311 e. The summed E-state index contributed by atoms with van der Waals surface area (Å²) in [5.41, 5.74) is 8.45. The monoisotopic (exact) mass is 819 g/mol. The maximum atomic E-state index is 14.4. The molecule has 3 fully saturated rings. The van der Waals surface area contributed by atoms with Crippen molar-refractivity contribution >= 4 is 35.1 Å². The van der Waals surface area contributed by atoms with Crippen molar-refractivity contribution in [1.82, 2.24) is 29.7 Å². The Morgan fingerprint density at radius 1 is 0.915 bits per heavy atom. The fourth-order valence-electron chi connectivity index (χ4n) is 11.0. The highest BCUT2D eigenvalue weighted by molar-refractivity contribution is 6.36. The van der Waals surface area contributed by atoms with Gasteiger partial charge in [0.05, 0.1) is 36.0 Å². The number of methoxy groups -OCH3 is 2. The van der Waals surface area contributed by atoms with Crippen molar-refractivity contribution in [2.45, 2.75) is 83.8 Å². The zero-order valence-electron chi connectivity index (χ0n) is 34.6. The first-order valence-electron chi connectivity index (χ1n) is 21.1. The molecule has 2 amide bonds. The Hall–Kier alpha value is -4.78. The smallest absolute Gasteiger partial charge is 0.311 e. The Morgan fingerprint density at radius 3 is 2.47 bits per heavy atom. The number of likely N-dealkylation sites (tertiary alicyclic amines) is 1. The molecule has 2 aromatic heterocycles. The van der Waals surface area contributed by atoms with E-state index in [-0.39, 0.29) is 34.7 Å². The number of hydrogen-bond donors (Lipinski definition) is 1. The minimum atomic E-state index is -0.263. The van der Waals surface area contributed by atoms with Gasteiger partial charge in [-0.2, -0.15) is 0 Å². The summed E-state index contributed by atoms with van der Waals surface area (Å²) in [4.78, 5) is 55.1. The molecule has 2 aromatic carbocycles. The van der Waals surface area contributed by atoms with Crippen molar-refractivity contribution in [1.29, 1.82) is 0 Å². The zero-order chi connectivity index (χ0) is 41.1. The van der Waals surface area contributed by atoms with E-state index in [4.69, 9.17) is 31.0 Å². The number of carbonyl (C=O) groups is 3. The van der Waals surface area contributed by atoms with Crippen molar-refractivity contribution in [2.75, 3.05) is 51.8 Å². The molecule has 5 aliphatic rings. The molecule has 1 N–H and O–H groups in total. The summed E-state index contributed by atoms with van der Waals surface area (Å²) in [5.74, 6) is 0.914. The van der Waals surface area contributed by atoms with Crippen LogP contribution in [0.5, 0.6) is 5.88 Å². The van der Waals surface area contributed by atoms with Crippen LogP contribution < -0.4 is 15.0 Å². The molecule has 1 saturated heterocycles. The molecule has 0 spiro atoms. The van der Waals surface area contributed by atoms with Gasteiger partial charge in [0.2, 0.25) is 11.8 Å². The summed E-state index contributed by atoms with van der Waals surface area (Å²) in [5, 5.41) is 3.62. The lowest BCUT2D eigenvalue weighted by Gasteiger charge is -2.32. The van der Waals surface area contributed by atoms with E-state index in [2.05, 4.69) is 27.2 Å². The molecule has 59 heavy (non-hydrogen) atoms. The number of anilines is 1. The Bertz CT molecular complexity index is 2320. The van der Waals surface area contributed by atoms with Crippen LogP contribution in [0, 0.1) is 10.8 Å². The number of amides is 2. The van der Waals surface area contributed by atoms with Crippen molar-refractivity contribution in [3.8, 4) is 28.3 Å². The second-order valence-corrected chi connectivity index (χ2v) is 18.0. The summed E-state index contributed by atoms with van der Waals surface area (Å²) in [6.45, 7) is 7.10. The number of imidazole rings is 1. The molecule has 9 rings (SSSR count). The Labute approximate surface area is 351 Å². The second kappa shape index (κ2) is 15.7. The second-order valence-electron chi connectivity index (χ2n) is 17.6. The molecule has 3 aliphatic heterocycles. The lowest BCUT2D eigenvalue weighted by atomic mass is 9.80. The number of esters is 1. The molecular formula is C46H54ClN7O5. The van der Waals surface area contributed by atoms with E-state index in [1.807, 2.05) is 52.9 Å². The number of fused-ring (bicyclic) bond motifs is 4. The summed E-state index contributed by atoms with van der Waals surface area (Å²) < 4.78 is 13.0. The topological polar surface area (TPSA) is 122 Å². The van der Waals surface area contributed by atoms with Gasteiger partial charge in [-0.1, -0.05) is 48.0 Å². The van der Waals surface area contributed by atoms with E-state index in [0.29, 0.717) is 41.9 Å². The molecule has 0 unspecified atom stereocenters. The average Bonchev–Trinajstić information content (AvgIpc) is 4.09. The van der Waals surface area contributed by atoms with Gasteiger partial charge in [-0.05, 0) is 86.6 Å². The quantitative estimate of drug-likeness (QED) is 0.167. The van der Waals surface area contributed by atoms with E-state index in [0.717, 1.165) is 129 Å². The van der Waals surface area contributed by atoms with Crippen LogP contribution in [-0.2, 0) is 47.3 Å².